The van der Waals surface area contributed by atoms with Crippen LogP contribution in [0.25, 0.3) is 0 Å². The summed E-state index contributed by atoms with van der Waals surface area (Å²) in [7, 11) is 0. The van der Waals surface area contributed by atoms with Crippen LogP contribution in [0.4, 0.5) is 13.2 Å². The lowest BCUT2D eigenvalue weighted by Crippen LogP contribution is -2.19. The Morgan fingerprint density at radius 1 is 1.40 bits per heavy atom. The fourth-order valence-corrected chi connectivity index (χ4v) is 2.04. The minimum atomic E-state index is -4.70. The number of hydrogen-bond acceptors (Lipinski definition) is 3. The molecule has 1 rings (SSSR count). The van der Waals surface area contributed by atoms with Crippen LogP contribution in [0.1, 0.15) is 5.69 Å². The molecular formula is C7H5F3I2N2O. The largest absolute Gasteiger partial charge is 0.573 e. The van der Waals surface area contributed by atoms with Gasteiger partial charge in [0.1, 0.15) is 9.45 Å². The normalized spacial score (nSPS) is 11.6. The molecule has 1 aromatic heterocycles. The molecule has 0 aliphatic heterocycles. The third-order valence-corrected chi connectivity index (χ3v) is 3.09. The molecule has 0 unspecified atom stereocenters. The third-order valence-electron chi connectivity index (χ3n) is 1.38. The molecule has 0 aliphatic rings. The van der Waals surface area contributed by atoms with Crippen molar-refractivity contribution < 1.29 is 17.9 Å². The number of alkyl halides is 3. The molecule has 0 fully saturated rings. The Balaban J connectivity index is 3.12. The van der Waals surface area contributed by atoms with Crippen molar-refractivity contribution in [3.8, 4) is 5.75 Å². The number of aromatic nitrogens is 1. The Kier molecular flexibility index (Phi) is 4.40. The van der Waals surface area contributed by atoms with Crippen LogP contribution in [0.5, 0.6) is 5.75 Å². The third kappa shape index (κ3) is 3.90. The first kappa shape index (κ1) is 13.2. The van der Waals surface area contributed by atoms with Crippen molar-refractivity contribution in [3.05, 3.63) is 19.0 Å². The van der Waals surface area contributed by atoms with E-state index in [1.54, 1.807) is 45.2 Å². The topological polar surface area (TPSA) is 48.1 Å². The van der Waals surface area contributed by atoms with Gasteiger partial charge in [0.25, 0.3) is 0 Å². The van der Waals surface area contributed by atoms with Crippen LogP contribution in [0.3, 0.4) is 0 Å². The van der Waals surface area contributed by atoms with Crippen LogP contribution >= 0.6 is 45.2 Å². The first-order valence-electron chi connectivity index (χ1n) is 3.64. The fourth-order valence-electron chi connectivity index (χ4n) is 0.858. The van der Waals surface area contributed by atoms with E-state index < -0.39 is 6.36 Å². The molecule has 0 saturated carbocycles. The average Bonchev–Trinajstić information content (AvgIpc) is 2.08. The molecule has 2 N–H and O–H groups in total. The Morgan fingerprint density at radius 2 is 2.00 bits per heavy atom. The second-order valence-electron chi connectivity index (χ2n) is 2.46. The maximum Gasteiger partial charge on any atom is 0.573 e. The van der Waals surface area contributed by atoms with Gasteiger partial charge < -0.3 is 10.5 Å². The highest BCUT2D eigenvalue weighted by molar-refractivity contribution is 14.1. The summed E-state index contributed by atoms with van der Waals surface area (Å²) in [4.78, 5) is 3.99. The van der Waals surface area contributed by atoms with Crippen LogP contribution in [-0.2, 0) is 6.54 Å². The minimum Gasteiger partial charge on any atom is -0.404 e. The molecule has 0 spiro atoms. The predicted molar refractivity (Wildman–Crippen MR) is 64.2 cm³/mol. The highest BCUT2D eigenvalue weighted by atomic mass is 127. The molecule has 0 amide bonds. The zero-order chi connectivity index (χ0) is 11.6. The zero-order valence-corrected chi connectivity index (χ0v) is 11.4. The highest BCUT2D eigenvalue weighted by Crippen LogP contribution is 2.30. The van der Waals surface area contributed by atoms with Crippen molar-refractivity contribution in [2.24, 2.45) is 5.73 Å². The maximum atomic E-state index is 12.0. The summed E-state index contributed by atoms with van der Waals surface area (Å²) >= 11 is 3.53. The number of halogens is 5. The van der Waals surface area contributed by atoms with E-state index in [0.29, 0.717) is 9.39 Å². The number of pyridine rings is 1. The summed E-state index contributed by atoms with van der Waals surface area (Å²) in [5, 5.41) is 0. The zero-order valence-electron chi connectivity index (χ0n) is 7.11. The summed E-state index contributed by atoms with van der Waals surface area (Å²) in [5.74, 6) is -0.261. The van der Waals surface area contributed by atoms with Gasteiger partial charge in [0.15, 0.2) is 0 Å². The second kappa shape index (κ2) is 4.99. The number of rotatable bonds is 2. The van der Waals surface area contributed by atoms with Gasteiger partial charge in [-0.25, -0.2) is 4.98 Å². The number of nitrogens with zero attached hydrogens (tertiary/aromatic N) is 1. The van der Waals surface area contributed by atoms with Crippen molar-refractivity contribution >= 4 is 45.2 Å². The summed E-state index contributed by atoms with van der Waals surface area (Å²) < 4.78 is 40.6. The van der Waals surface area contributed by atoms with Gasteiger partial charge in [-0.3, -0.25) is 0 Å². The standard InChI is InChI=1S/C7H5F3I2N2O/c8-7(9,10)15-4-1-5(11)14-3(2-13)6(4)12/h1H,2,13H2. The van der Waals surface area contributed by atoms with Crippen molar-refractivity contribution in [1.82, 2.24) is 4.98 Å². The first-order valence-corrected chi connectivity index (χ1v) is 5.80. The van der Waals surface area contributed by atoms with Crippen molar-refractivity contribution in [3.63, 3.8) is 0 Å². The Bertz CT molecular complexity index is 370. The SMILES string of the molecule is NCc1nc(I)cc(OC(F)(F)F)c1I. The van der Waals surface area contributed by atoms with E-state index >= 15 is 0 Å². The fraction of sp³-hybridized carbons (Fsp3) is 0.286. The average molecular weight is 444 g/mol. The van der Waals surface area contributed by atoms with Gasteiger partial charge in [0.05, 0.1) is 9.26 Å². The Labute approximate surface area is 111 Å². The lowest BCUT2D eigenvalue weighted by Gasteiger charge is -2.12. The summed E-state index contributed by atoms with van der Waals surface area (Å²) in [5.41, 5.74) is 5.74. The Morgan fingerprint density at radius 3 is 2.47 bits per heavy atom. The molecule has 1 heterocycles. The van der Waals surface area contributed by atoms with Crippen molar-refractivity contribution in [2.45, 2.75) is 12.9 Å². The van der Waals surface area contributed by atoms with Crippen LogP contribution in [0, 0.1) is 7.27 Å². The van der Waals surface area contributed by atoms with Gasteiger partial charge in [0, 0.05) is 12.6 Å². The van der Waals surface area contributed by atoms with Crippen LogP contribution in [-0.4, -0.2) is 11.3 Å². The van der Waals surface area contributed by atoms with Gasteiger partial charge in [-0.05, 0) is 45.2 Å². The van der Waals surface area contributed by atoms with Gasteiger partial charge in [0.2, 0.25) is 0 Å². The van der Waals surface area contributed by atoms with Crippen LogP contribution < -0.4 is 10.5 Å². The molecule has 0 saturated heterocycles. The molecular weight excluding hydrogens is 439 g/mol. The van der Waals surface area contributed by atoms with E-state index in [1.807, 2.05) is 0 Å². The Hall–Kier alpha value is 0.160. The lowest BCUT2D eigenvalue weighted by molar-refractivity contribution is -0.275. The van der Waals surface area contributed by atoms with E-state index in [1.165, 1.54) is 6.07 Å². The maximum absolute atomic E-state index is 12.0. The van der Waals surface area contributed by atoms with E-state index in [0.717, 1.165) is 0 Å². The lowest BCUT2D eigenvalue weighted by atomic mass is 10.3. The monoisotopic (exact) mass is 444 g/mol. The summed E-state index contributed by atoms with van der Waals surface area (Å²) in [6.45, 7) is 0.0728. The van der Waals surface area contributed by atoms with Crippen molar-refractivity contribution in [1.29, 1.82) is 0 Å². The second-order valence-corrected chi connectivity index (χ2v) is 4.64. The molecule has 1 aromatic rings. The van der Waals surface area contributed by atoms with Gasteiger partial charge in [-0.1, -0.05) is 0 Å². The van der Waals surface area contributed by atoms with Gasteiger partial charge in [-0.15, -0.1) is 13.2 Å². The molecule has 8 heteroatoms. The quantitative estimate of drug-likeness (QED) is 0.564. The molecule has 84 valence electrons. The van der Waals surface area contributed by atoms with E-state index in [-0.39, 0.29) is 15.9 Å². The molecule has 15 heavy (non-hydrogen) atoms. The first-order chi connectivity index (χ1) is 6.83. The molecule has 0 bridgehead atoms. The molecule has 0 atom stereocenters. The predicted octanol–water partition coefficient (Wildman–Crippen LogP) is 2.65. The molecule has 0 aliphatic carbocycles. The molecule has 0 aromatic carbocycles. The minimum absolute atomic E-state index is 0.0728. The molecule has 0 radical (unpaired) electrons. The van der Waals surface area contributed by atoms with Gasteiger partial charge >= 0.3 is 6.36 Å². The number of hydrogen-bond donors (Lipinski definition) is 1. The van der Waals surface area contributed by atoms with Gasteiger partial charge in [-0.2, -0.15) is 0 Å². The van der Waals surface area contributed by atoms with Crippen molar-refractivity contribution in [2.75, 3.05) is 0 Å². The summed E-state index contributed by atoms with van der Waals surface area (Å²) in [6.07, 6.45) is -4.70. The van der Waals surface area contributed by atoms with Crippen LogP contribution in [0.15, 0.2) is 6.07 Å². The number of nitrogens with two attached hydrogens (primary N) is 1. The summed E-state index contributed by atoms with van der Waals surface area (Å²) in [6, 6.07) is 1.22. The highest BCUT2D eigenvalue weighted by Gasteiger charge is 2.32. The van der Waals surface area contributed by atoms with E-state index in [9.17, 15) is 13.2 Å². The van der Waals surface area contributed by atoms with Crippen LogP contribution in [0.2, 0.25) is 0 Å². The number of ether oxygens (including phenoxy) is 1. The molecule has 3 nitrogen and oxygen atoms in total. The van der Waals surface area contributed by atoms with E-state index in [4.69, 9.17) is 5.73 Å². The smallest absolute Gasteiger partial charge is 0.404 e. The van der Waals surface area contributed by atoms with E-state index in [2.05, 4.69) is 9.72 Å².